The molecule has 0 radical (unpaired) electrons. The van der Waals surface area contributed by atoms with E-state index in [0.29, 0.717) is 11.4 Å². The van der Waals surface area contributed by atoms with Crippen LogP contribution in [0.25, 0.3) is 28.0 Å². The molecule has 1 aliphatic carbocycles. The summed E-state index contributed by atoms with van der Waals surface area (Å²) in [4.78, 5) is 28.3. The van der Waals surface area contributed by atoms with Crippen molar-refractivity contribution in [2.24, 2.45) is 0 Å². The molecule has 176 valence electrons. The molecule has 0 saturated heterocycles. The smallest absolute Gasteiger partial charge is 0.411 e. The number of carbonyl (C=O) groups excluding carboxylic acids is 1. The predicted molar refractivity (Wildman–Crippen MR) is 134 cm³/mol. The van der Waals surface area contributed by atoms with Gasteiger partial charge in [0.15, 0.2) is 5.65 Å². The lowest BCUT2D eigenvalue weighted by molar-refractivity contribution is 0.0698. The van der Waals surface area contributed by atoms with Gasteiger partial charge in [0, 0.05) is 23.4 Å². The van der Waals surface area contributed by atoms with Crippen LogP contribution in [0.5, 0.6) is 0 Å². The number of anilines is 1. The molecule has 0 atom stereocenters. The number of nitrogens with one attached hydrogen (secondary N) is 1. The van der Waals surface area contributed by atoms with E-state index in [9.17, 15) is 14.7 Å². The normalized spacial score (nSPS) is 12.2. The number of ether oxygens (including phenoxy) is 1. The van der Waals surface area contributed by atoms with Gasteiger partial charge in [-0.05, 0) is 40.5 Å². The minimum atomic E-state index is -1.10. The first-order chi connectivity index (χ1) is 17.6. The summed E-state index contributed by atoms with van der Waals surface area (Å²) < 4.78 is 7.11. The Balaban J connectivity index is 1.20. The fraction of sp³-hybridized carbons (Fsp3) is 0.0714. The van der Waals surface area contributed by atoms with Crippen LogP contribution in [-0.2, 0) is 4.74 Å². The van der Waals surface area contributed by atoms with Gasteiger partial charge in [0.25, 0.3) is 0 Å². The first kappa shape index (κ1) is 21.5. The number of benzene rings is 3. The first-order valence-corrected chi connectivity index (χ1v) is 11.4. The van der Waals surface area contributed by atoms with E-state index < -0.39 is 12.1 Å². The number of carboxylic acids is 1. The van der Waals surface area contributed by atoms with Gasteiger partial charge >= 0.3 is 12.1 Å². The quantitative estimate of drug-likeness (QED) is 0.349. The maximum Gasteiger partial charge on any atom is 0.411 e. The largest absolute Gasteiger partial charge is 0.477 e. The summed E-state index contributed by atoms with van der Waals surface area (Å²) in [6, 6.07) is 25.3. The molecule has 2 heterocycles. The Morgan fingerprint density at radius 2 is 1.67 bits per heavy atom. The highest BCUT2D eigenvalue weighted by Gasteiger charge is 2.29. The zero-order valence-corrected chi connectivity index (χ0v) is 19.0. The van der Waals surface area contributed by atoms with E-state index >= 15 is 0 Å². The van der Waals surface area contributed by atoms with Crippen LogP contribution in [0.3, 0.4) is 0 Å². The van der Waals surface area contributed by atoms with Crippen molar-refractivity contribution in [3.05, 3.63) is 108 Å². The second-order valence-electron chi connectivity index (χ2n) is 8.46. The molecule has 8 nitrogen and oxygen atoms in total. The van der Waals surface area contributed by atoms with Gasteiger partial charge in [-0.2, -0.15) is 5.10 Å². The van der Waals surface area contributed by atoms with Gasteiger partial charge in [-0.3, -0.25) is 5.32 Å². The summed E-state index contributed by atoms with van der Waals surface area (Å²) in [7, 11) is 0. The number of hydrogen-bond acceptors (Lipinski definition) is 5. The molecule has 1 aliphatic rings. The van der Waals surface area contributed by atoms with Crippen molar-refractivity contribution in [2.75, 3.05) is 11.9 Å². The monoisotopic (exact) mass is 476 g/mol. The highest BCUT2D eigenvalue weighted by Crippen LogP contribution is 2.44. The maximum atomic E-state index is 12.7. The Kier molecular flexibility index (Phi) is 5.19. The average molecular weight is 476 g/mol. The average Bonchev–Trinajstić information content (AvgIpc) is 3.47. The number of aromatic nitrogens is 3. The predicted octanol–water partition coefficient (Wildman–Crippen LogP) is 5.46. The molecular weight excluding hydrogens is 456 g/mol. The van der Waals surface area contributed by atoms with Crippen molar-refractivity contribution in [3.63, 3.8) is 0 Å². The molecule has 0 aliphatic heterocycles. The van der Waals surface area contributed by atoms with Crippen LogP contribution in [0.2, 0.25) is 0 Å². The number of hydrogen-bond donors (Lipinski definition) is 2. The van der Waals surface area contributed by atoms with Crippen LogP contribution in [0.1, 0.15) is 27.4 Å². The molecule has 0 bridgehead atoms. The van der Waals surface area contributed by atoms with Crippen molar-refractivity contribution in [1.82, 2.24) is 14.6 Å². The third-order valence-electron chi connectivity index (χ3n) is 6.38. The molecule has 2 N–H and O–H groups in total. The SMILES string of the molecule is O=C(Nc1cccc(-c2ccnc3c(C(=O)O)cnn23)c1)OCC1c2ccccc2-c2ccccc21. The lowest BCUT2D eigenvalue weighted by Crippen LogP contribution is -2.17. The van der Waals surface area contributed by atoms with E-state index in [-0.39, 0.29) is 23.7 Å². The summed E-state index contributed by atoms with van der Waals surface area (Å²) in [5.41, 5.74) is 6.82. The van der Waals surface area contributed by atoms with Gasteiger partial charge in [0.05, 0.1) is 11.9 Å². The minimum Gasteiger partial charge on any atom is -0.477 e. The molecule has 5 aromatic rings. The third kappa shape index (κ3) is 3.65. The number of carbonyl (C=O) groups is 2. The number of aromatic carboxylic acids is 1. The summed E-state index contributed by atoms with van der Waals surface area (Å²) in [6.45, 7) is 0.218. The standard InChI is InChI=1S/C28H20N4O4/c33-27(34)23-15-30-32-25(12-13-29-26(23)32)17-6-5-7-18(14-17)31-28(35)36-16-24-21-10-3-1-8-19(21)20-9-2-4-11-22(20)24/h1-15,24H,16H2,(H,31,35)(H,33,34). The van der Waals surface area contributed by atoms with Crippen LogP contribution < -0.4 is 5.32 Å². The first-order valence-electron chi connectivity index (χ1n) is 11.4. The number of amides is 1. The molecule has 2 aromatic heterocycles. The second-order valence-corrected chi connectivity index (χ2v) is 8.46. The van der Waals surface area contributed by atoms with Crippen LogP contribution in [-0.4, -0.2) is 38.4 Å². The molecule has 0 saturated carbocycles. The molecule has 3 aromatic carbocycles. The number of carboxylic acid groups (broad SMARTS) is 1. The second kappa shape index (κ2) is 8.66. The maximum absolute atomic E-state index is 12.7. The van der Waals surface area contributed by atoms with E-state index in [1.807, 2.05) is 30.3 Å². The molecule has 0 unspecified atom stereocenters. The van der Waals surface area contributed by atoms with Gasteiger partial charge < -0.3 is 9.84 Å². The summed E-state index contributed by atoms with van der Waals surface area (Å²) in [5, 5.41) is 16.3. The molecule has 1 amide bonds. The summed E-state index contributed by atoms with van der Waals surface area (Å²) in [6.07, 6.45) is 2.25. The van der Waals surface area contributed by atoms with Gasteiger partial charge in [-0.25, -0.2) is 19.1 Å². The third-order valence-corrected chi connectivity index (χ3v) is 6.38. The van der Waals surface area contributed by atoms with Crippen LogP contribution in [0, 0.1) is 0 Å². The zero-order chi connectivity index (χ0) is 24.6. The Morgan fingerprint density at radius 1 is 0.944 bits per heavy atom. The Labute approximate surface area is 205 Å². The van der Waals surface area contributed by atoms with Crippen molar-refractivity contribution >= 4 is 23.4 Å². The molecule has 6 rings (SSSR count). The summed E-state index contributed by atoms with van der Waals surface area (Å²) >= 11 is 0. The fourth-order valence-electron chi connectivity index (χ4n) is 4.77. The number of rotatable bonds is 5. The topological polar surface area (TPSA) is 106 Å². The van der Waals surface area contributed by atoms with Crippen molar-refractivity contribution in [1.29, 1.82) is 0 Å². The Morgan fingerprint density at radius 3 is 2.39 bits per heavy atom. The van der Waals surface area contributed by atoms with Crippen LogP contribution in [0.15, 0.2) is 91.3 Å². The van der Waals surface area contributed by atoms with E-state index in [4.69, 9.17) is 4.74 Å². The zero-order valence-electron chi connectivity index (χ0n) is 19.0. The summed E-state index contributed by atoms with van der Waals surface area (Å²) in [5.74, 6) is -1.12. The minimum absolute atomic E-state index is 0.0183. The molecule has 0 spiro atoms. The van der Waals surface area contributed by atoms with E-state index in [1.165, 1.54) is 28.0 Å². The van der Waals surface area contributed by atoms with Crippen LogP contribution >= 0.6 is 0 Å². The molecule has 8 heteroatoms. The van der Waals surface area contributed by atoms with Crippen molar-refractivity contribution in [3.8, 4) is 22.4 Å². The van der Waals surface area contributed by atoms with Gasteiger partial charge in [-0.15, -0.1) is 0 Å². The van der Waals surface area contributed by atoms with Crippen molar-refractivity contribution < 1.29 is 19.4 Å². The van der Waals surface area contributed by atoms with E-state index in [1.54, 1.807) is 24.3 Å². The molecular formula is C28H20N4O4. The lowest BCUT2D eigenvalue weighted by atomic mass is 9.98. The highest BCUT2D eigenvalue weighted by molar-refractivity contribution is 5.94. The van der Waals surface area contributed by atoms with Crippen molar-refractivity contribution in [2.45, 2.75) is 5.92 Å². The Bertz CT molecular complexity index is 1600. The van der Waals surface area contributed by atoms with E-state index in [0.717, 1.165) is 16.7 Å². The van der Waals surface area contributed by atoms with Gasteiger partial charge in [-0.1, -0.05) is 60.7 Å². The number of nitrogens with zero attached hydrogens (tertiary/aromatic N) is 3. The van der Waals surface area contributed by atoms with E-state index in [2.05, 4.69) is 39.7 Å². The van der Waals surface area contributed by atoms with Gasteiger partial charge in [0.1, 0.15) is 12.2 Å². The van der Waals surface area contributed by atoms with Gasteiger partial charge in [0.2, 0.25) is 0 Å². The van der Waals surface area contributed by atoms with Crippen LogP contribution in [0.4, 0.5) is 10.5 Å². The number of fused-ring (bicyclic) bond motifs is 4. The Hall–Kier alpha value is -4.98. The lowest BCUT2D eigenvalue weighted by Gasteiger charge is -2.15. The highest BCUT2D eigenvalue weighted by atomic mass is 16.5. The fourth-order valence-corrected chi connectivity index (χ4v) is 4.77. The molecule has 36 heavy (non-hydrogen) atoms. The molecule has 0 fully saturated rings.